The van der Waals surface area contributed by atoms with Gasteiger partial charge in [-0.25, -0.2) is 14.8 Å². The summed E-state index contributed by atoms with van der Waals surface area (Å²) in [6.07, 6.45) is 2.35. The third kappa shape index (κ3) is 3.17. The fraction of sp³-hybridized carbons (Fsp3) is 0.235. The topological polar surface area (TPSA) is 75.1 Å². The van der Waals surface area contributed by atoms with Gasteiger partial charge in [-0.15, -0.1) is 11.3 Å². The van der Waals surface area contributed by atoms with Crippen LogP contribution in [0.3, 0.4) is 0 Å². The molecule has 6 heteroatoms. The van der Waals surface area contributed by atoms with Gasteiger partial charge >= 0.3 is 5.97 Å². The number of aromatic carboxylic acids is 1. The highest BCUT2D eigenvalue weighted by Crippen LogP contribution is 2.33. The lowest BCUT2D eigenvalue weighted by atomic mass is 10.1. The summed E-state index contributed by atoms with van der Waals surface area (Å²) in [5, 5.41) is 13.4. The molecule has 23 heavy (non-hydrogen) atoms. The molecule has 0 radical (unpaired) electrons. The number of carbonyl (C=O) groups is 1. The van der Waals surface area contributed by atoms with Crippen LogP contribution < -0.4 is 5.32 Å². The Bertz CT molecular complexity index is 856. The summed E-state index contributed by atoms with van der Waals surface area (Å²) in [7, 11) is 0. The molecular weight excluding hydrogens is 310 g/mol. The minimum atomic E-state index is -0.920. The van der Waals surface area contributed by atoms with E-state index in [2.05, 4.69) is 46.5 Å². The number of fused-ring (bicyclic) bond motifs is 1. The lowest BCUT2D eigenvalue weighted by Crippen LogP contribution is -2.07. The fourth-order valence-electron chi connectivity index (χ4n) is 2.49. The van der Waals surface area contributed by atoms with Crippen LogP contribution in [0.25, 0.3) is 10.2 Å². The molecule has 0 saturated heterocycles. The number of carboxylic acid groups (broad SMARTS) is 1. The van der Waals surface area contributed by atoms with E-state index in [1.54, 1.807) is 6.92 Å². The third-order valence-electron chi connectivity index (χ3n) is 3.75. The third-order valence-corrected chi connectivity index (χ3v) is 4.94. The van der Waals surface area contributed by atoms with Crippen LogP contribution in [0.5, 0.6) is 0 Å². The summed E-state index contributed by atoms with van der Waals surface area (Å²) < 4.78 is 0. The van der Waals surface area contributed by atoms with E-state index in [9.17, 15) is 9.90 Å². The van der Waals surface area contributed by atoms with Gasteiger partial charge in [-0.3, -0.25) is 0 Å². The van der Waals surface area contributed by atoms with Gasteiger partial charge in [-0.2, -0.15) is 0 Å². The largest absolute Gasteiger partial charge is 0.477 e. The normalized spacial score (nSPS) is 10.9. The van der Waals surface area contributed by atoms with E-state index >= 15 is 0 Å². The van der Waals surface area contributed by atoms with Gasteiger partial charge in [-0.1, -0.05) is 29.8 Å². The molecule has 0 atom stereocenters. The van der Waals surface area contributed by atoms with E-state index in [0.717, 1.165) is 23.9 Å². The molecule has 2 N–H and O–H groups in total. The molecule has 0 amide bonds. The SMILES string of the molecule is Cc1ccc(CCNc2ncnc3sc(C(=O)O)c(C)c23)cc1. The molecule has 0 fully saturated rings. The summed E-state index contributed by atoms with van der Waals surface area (Å²) in [6, 6.07) is 8.43. The molecule has 5 nitrogen and oxygen atoms in total. The van der Waals surface area contributed by atoms with Crippen molar-refractivity contribution < 1.29 is 9.90 Å². The number of hydrogen-bond acceptors (Lipinski definition) is 5. The van der Waals surface area contributed by atoms with Crippen molar-refractivity contribution >= 4 is 33.3 Å². The number of thiophene rings is 1. The zero-order valence-electron chi connectivity index (χ0n) is 13.0. The zero-order chi connectivity index (χ0) is 16.4. The Kier molecular flexibility index (Phi) is 4.25. The maximum Gasteiger partial charge on any atom is 0.346 e. The monoisotopic (exact) mass is 327 g/mol. The van der Waals surface area contributed by atoms with E-state index in [1.807, 2.05) is 0 Å². The predicted octanol–water partition coefficient (Wildman–Crippen LogP) is 3.66. The Hall–Kier alpha value is -2.47. The van der Waals surface area contributed by atoms with Crippen LogP contribution in [0.2, 0.25) is 0 Å². The smallest absolute Gasteiger partial charge is 0.346 e. The van der Waals surface area contributed by atoms with Crippen LogP contribution in [-0.4, -0.2) is 27.6 Å². The Labute approximate surface area is 138 Å². The summed E-state index contributed by atoms with van der Waals surface area (Å²) in [4.78, 5) is 20.8. The summed E-state index contributed by atoms with van der Waals surface area (Å²) >= 11 is 1.19. The number of hydrogen-bond donors (Lipinski definition) is 2. The van der Waals surface area contributed by atoms with Crippen molar-refractivity contribution in [3.63, 3.8) is 0 Å². The first-order chi connectivity index (χ1) is 11.1. The molecule has 118 valence electrons. The minimum Gasteiger partial charge on any atom is -0.477 e. The van der Waals surface area contributed by atoms with Gasteiger partial charge in [0.05, 0.1) is 5.39 Å². The van der Waals surface area contributed by atoms with Crippen molar-refractivity contribution in [3.05, 3.63) is 52.2 Å². The van der Waals surface area contributed by atoms with Gasteiger partial charge in [0.2, 0.25) is 0 Å². The Morgan fingerprint density at radius 3 is 2.65 bits per heavy atom. The van der Waals surface area contributed by atoms with Crippen LogP contribution in [0.15, 0.2) is 30.6 Å². The molecule has 0 aliphatic carbocycles. The first-order valence-corrected chi connectivity index (χ1v) is 8.14. The number of rotatable bonds is 5. The highest BCUT2D eigenvalue weighted by Gasteiger charge is 2.18. The molecule has 2 heterocycles. The number of nitrogens with one attached hydrogen (secondary N) is 1. The average Bonchev–Trinajstić information content (AvgIpc) is 2.88. The number of aromatic nitrogens is 2. The molecule has 1 aromatic carbocycles. The van der Waals surface area contributed by atoms with Crippen molar-refractivity contribution in [2.75, 3.05) is 11.9 Å². The second-order valence-electron chi connectivity index (χ2n) is 5.43. The summed E-state index contributed by atoms with van der Waals surface area (Å²) in [5.74, 6) is -0.223. The Morgan fingerprint density at radius 1 is 1.22 bits per heavy atom. The van der Waals surface area contributed by atoms with Crippen LogP contribution >= 0.6 is 11.3 Å². The van der Waals surface area contributed by atoms with Gasteiger partial charge in [0.25, 0.3) is 0 Å². The molecule has 0 bridgehead atoms. The second kappa shape index (κ2) is 6.34. The van der Waals surface area contributed by atoms with Gasteiger partial charge in [0.15, 0.2) is 0 Å². The molecular formula is C17H17N3O2S. The first kappa shape index (κ1) is 15.4. The molecule has 0 unspecified atom stereocenters. The molecule has 0 saturated carbocycles. The lowest BCUT2D eigenvalue weighted by molar-refractivity contribution is 0.0701. The molecule has 0 spiro atoms. The minimum absolute atomic E-state index is 0.321. The first-order valence-electron chi connectivity index (χ1n) is 7.33. The lowest BCUT2D eigenvalue weighted by Gasteiger charge is -2.07. The molecule has 3 rings (SSSR count). The van der Waals surface area contributed by atoms with Crippen LogP contribution in [0.4, 0.5) is 5.82 Å². The standard InChI is InChI=1S/C17H17N3O2S/c1-10-3-5-12(6-4-10)7-8-18-15-13-11(2)14(17(21)22)23-16(13)20-9-19-15/h3-6,9H,7-8H2,1-2H3,(H,21,22)(H,18,19,20). The van der Waals surface area contributed by atoms with E-state index in [1.165, 1.54) is 28.8 Å². The van der Waals surface area contributed by atoms with E-state index in [-0.39, 0.29) is 0 Å². The molecule has 0 aliphatic rings. The Morgan fingerprint density at radius 2 is 1.96 bits per heavy atom. The second-order valence-corrected chi connectivity index (χ2v) is 6.43. The van der Waals surface area contributed by atoms with Crippen LogP contribution in [0.1, 0.15) is 26.4 Å². The summed E-state index contributed by atoms with van der Waals surface area (Å²) in [5.41, 5.74) is 3.21. The van der Waals surface area contributed by atoms with Crippen molar-refractivity contribution in [1.29, 1.82) is 0 Å². The maximum absolute atomic E-state index is 11.3. The predicted molar refractivity (Wildman–Crippen MR) is 92.5 cm³/mol. The Balaban J connectivity index is 1.80. The van der Waals surface area contributed by atoms with Gasteiger partial charge in [-0.05, 0) is 31.4 Å². The number of benzene rings is 1. The van der Waals surface area contributed by atoms with Gasteiger partial charge in [0, 0.05) is 6.54 Å². The number of anilines is 1. The summed E-state index contributed by atoms with van der Waals surface area (Å²) in [6.45, 7) is 4.60. The van der Waals surface area contributed by atoms with Crippen LogP contribution in [-0.2, 0) is 6.42 Å². The van der Waals surface area contributed by atoms with Crippen molar-refractivity contribution in [1.82, 2.24) is 9.97 Å². The van der Waals surface area contributed by atoms with Crippen molar-refractivity contribution in [3.8, 4) is 0 Å². The van der Waals surface area contributed by atoms with Crippen molar-refractivity contribution in [2.45, 2.75) is 20.3 Å². The van der Waals surface area contributed by atoms with E-state index in [4.69, 9.17) is 0 Å². The van der Waals surface area contributed by atoms with Gasteiger partial charge in [0.1, 0.15) is 21.9 Å². The fourth-order valence-corrected chi connectivity index (χ4v) is 3.48. The highest BCUT2D eigenvalue weighted by molar-refractivity contribution is 7.20. The zero-order valence-corrected chi connectivity index (χ0v) is 13.8. The maximum atomic E-state index is 11.3. The number of carboxylic acids is 1. The quantitative estimate of drug-likeness (QED) is 0.748. The average molecular weight is 327 g/mol. The van der Waals surface area contributed by atoms with Gasteiger partial charge < -0.3 is 10.4 Å². The van der Waals surface area contributed by atoms with E-state index < -0.39 is 5.97 Å². The highest BCUT2D eigenvalue weighted by atomic mass is 32.1. The number of aryl methyl sites for hydroxylation is 2. The number of nitrogens with zero attached hydrogens (tertiary/aromatic N) is 2. The molecule has 3 aromatic rings. The van der Waals surface area contributed by atoms with Crippen molar-refractivity contribution in [2.24, 2.45) is 0 Å². The molecule has 2 aromatic heterocycles. The van der Waals surface area contributed by atoms with E-state index in [0.29, 0.717) is 15.5 Å². The van der Waals surface area contributed by atoms with Crippen LogP contribution in [0, 0.1) is 13.8 Å². The molecule has 0 aliphatic heterocycles.